The van der Waals surface area contributed by atoms with Gasteiger partial charge in [0.1, 0.15) is 0 Å². The number of nitrogens with one attached hydrogen (secondary N) is 1. The van der Waals surface area contributed by atoms with Crippen molar-refractivity contribution in [2.75, 3.05) is 6.54 Å². The van der Waals surface area contributed by atoms with E-state index < -0.39 is 0 Å². The third-order valence-electron chi connectivity index (χ3n) is 3.61. The van der Waals surface area contributed by atoms with Crippen LogP contribution >= 0.6 is 11.3 Å². The molecule has 98 valence electrons. The molecule has 0 unspecified atom stereocenters. The van der Waals surface area contributed by atoms with Crippen molar-refractivity contribution in [2.45, 2.75) is 45.6 Å². The Morgan fingerprint density at radius 3 is 3.06 bits per heavy atom. The van der Waals surface area contributed by atoms with Crippen LogP contribution < -0.4 is 5.32 Å². The molecule has 0 bridgehead atoms. The van der Waals surface area contributed by atoms with Crippen molar-refractivity contribution in [1.29, 1.82) is 0 Å². The van der Waals surface area contributed by atoms with Gasteiger partial charge in [-0.25, -0.2) is 4.98 Å². The Hall–Kier alpha value is -0.870. The van der Waals surface area contributed by atoms with Gasteiger partial charge in [0, 0.05) is 23.8 Å². The van der Waals surface area contributed by atoms with Gasteiger partial charge in [0.2, 0.25) is 0 Å². The minimum atomic E-state index is 0.325. The van der Waals surface area contributed by atoms with Crippen molar-refractivity contribution in [3.05, 3.63) is 23.5 Å². The van der Waals surface area contributed by atoms with E-state index in [-0.39, 0.29) is 0 Å². The average molecular weight is 263 g/mol. The summed E-state index contributed by atoms with van der Waals surface area (Å²) in [6.45, 7) is 5.82. The number of aromatic nitrogens is 2. The summed E-state index contributed by atoms with van der Waals surface area (Å²) in [4.78, 5) is 5.78. The molecule has 1 fully saturated rings. The van der Waals surface area contributed by atoms with Gasteiger partial charge in [-0.05, 0) is 37.6 Å². The van der Waals surface area contributed by atoms with Gasteiger partial charge in [-0.3, -0.25) is 4.40 Å². The highest BCUT2D eigenvalue weighted by Crippen LogP contribution is 2.27. The smallest absolute Gasteiger partial charge is 0.193 e. The van der Waals surface area contributed by atoms with Crippen LogP contribution in [-0.4, -0.2) is 22.0 Å². The van der Waals surface area contributed by atoms with E-state index in [4.69, 9.17) is 0 Å². The largest absolute Gasteiger partial charge is 0.314 e. The number of thiazole rings is 1. The van der Waals surface area contributed by atoms with Gasteiger partial charge in [-0.2, -0.15) is 0 Å². The standard InChI is InChI=1S/C14H21N3S/c1-14(2,5-6-15-11-3-4-11)9-12-10-17-7-8-18-13(17)16-12/h7-8,10-11,15H,3-6,9H2,1-2H3. The molecular weight excluding hydrogens is 242 g/mol. The Labute approximate surface area is 112 Å². The van der Waals surface area contributed by atoms with Crippen LogP contribution in [0.5, 0.6) is 0 Å². The molecule has 0 radical (unpaired) electrons. The fraction of sp³-hybridized carbons (Fsp3) is 0.643. The van der Waals surface area contributed by atoms with Gasteiger partial charge >= 0.3 is 0 Å². The zero-order valence-electron chi connectivity index (χ0n) is 11.1. The van der Waals surface area contributed by atoms with Crippen LogP contribution in [0.25, 0.3) is 4.96 Å². The van der Waals surface area contributed by atoms with Crippen molar-refractivity contribution in [3.63, 3.8) is 0 Å². The first-order valence-corrected chi connectivity index (χ1v) is 7.65. The number of fused-ring (bicyclic) bond motifs is 1. The Kier molecular flexibility index (Phi) is 3.16. The van der Waals surface area contributed by atoms with Crippen LogP contribution in [-0.2, 0) is 6.42 Å². The van der Waals surface area contributed by atoms with E-state index >= 15 is 0 Å². The topological polar surface area (TPSA) is 29.3 Å². The molecular formula is C14H21N3S. The van der Waals surface area contributed by atoms with Crippen LogP contribution in [0, 0.1) is 5.41 Å². The molecule has 0 spiro atoms. The normalized spacial score (nSPS) is 16.6. The molecule has 0 aromatic carbocycles. The lowest BCUT2D eigenvalue weighted by Gasteiger charge is -2.23. The van der Waals surface area contributed by atoms with E-state index in [1.807, 2.05) is 0 Å². The second-order valence-electron chi connectivity index (χ2n) is 6.14. The first-order chi connectivity index (χ1) is 8.62. The molecule has 2 heterocycles. The summed E-state index contributed by atoms with van der Waals surface area (Å²) in [6.07, 6.45) is 9.28. The van der Waals surface area contributed by atoms with Crippen LogP contribution in [0.4, 0.5) is 0 Å². The van der Waals surface area contributed by atoms with E-state index in [0.29, 0.717) is 5.41 Å². The lowest BCUT2D eigenvalue weighted by molar-refractivity contribution is 0.322. The molecule has 0 atom stereocenters. The van der Waals surface area contributed by atoms with E-state index in [1.165, 1.54) is 25.0 Å². The maximum Gasteiger partial charge on any atom is 0.193 e. The highest BCUT2D eigenvalue weighted by atomic mass is 32.1. The molecule has 1 aliphatic carbocycles. The van der Waals surface area contributed by atoms with Crippen molar-refractivity contribution in [3.8, 4) is 0 Å². The van der Waals surface area contributed by atoms with Crippen molar-refractivity contribution in [1.82, 2.24) is 14.7 Å². The number of nitrogens with zero attached hydrogens (tertiary/aromatic N) is 2. The summed E-state index contributed by atoms with van der Waals surface area (Å²) in [5.41, 5.74) is 1.55. The molecule has 2 aromatic rings. The van der Waals surface area contributed by atoms with Gasteiger partial charge in [0.25, 0.3) is 0 Å². The van der Waals surface area contributed by atoms with Gasteiger partial charge in [0.15, 0.2) is 4.96 Å². The number of rotatable bonds is 6. The van der Waals surface area contributed by atoms with Crippen molar-refractivity contribution in [2.24, 2.45) is 5.41 Å². The second-order valence-corrected chi connectivity index (χ2v) is 7.02. The maximum atomic E-state index is 4.67. The Bertz CT molecular complexity index is 493. The van der Waals surface area contributed by atoms with Gasteiger partial charge in [-0.1, -0.05) is 13.8 Å². The molecule has 4 heteroatoms. The van der Waals surface area contributed by atoms with Crippen LogP contribution in [0.2, 0.25) is 0 Å². The van der Waals surface area contributed by atoms with E-state index in [0.717, 1.165) is 24.0 Å². The summed E-state index contributed by atoms with van der Waals surface area (Å²) in [7, 11) is 0. The molecule has 3 rings (SSSR count). The molecule has 1 N–H and O–H groups in total. The Morgan fingerprint density at radius 1 is 1.50 bits per heavy atom. The average Bonchev–Trinajstić information content (AvgIpc) is 2.86. The summed E-state index contributed by atoms with van der Waals surface area (Å²) < 4.78 is 2.12. The predicted octanol–water partition coefficient (Wildman–Crippen LogP) is 3.11. The molecule has 18 heavy (non-hydrogen) atoms. The second kappa shape index (κ2) is 4.67. The SMILES string of the molecule is CC(C)(CCNC1CC1)Cc1cn2ccsc2n1. The third-order valence-corrected chi connectivity index (χ3v) is 4.39. The highest BCUT2D eigenvalue weighted by Gasteiger charge is 2.23. The minimum absolute atomic E-state index is 0.325. The van der Waals surface area contributed by atoms with E-state index in [9.17, 15) is 0 Å². The Morgan fingerprint density at radius 2 is 2.33 bits per heavy atom. The van der Waals surface area contributed by atoms with Gasteiger partial charge in [0.05, 0.1) is 5.69 Å². The van der Waals surface area contributed by atoms with E-state index in [1.54, 1.807) is 11.3 Å². The predicted molar refractivity (Wildman–Crippen MR) is 76.2 cm³/mol. The van der Waals surface area contributed by atoms with Crippen LogP contribution in [0.3, 0.4) is 0 Å². The fourth-order valence-corrected chi connectivity index (χ4v) is 3.06. The zero-order chi connectivity index (χ0) is 12.6. The van der Waals surface area contributed by atoms with Crippen molar-refractivity contribution >= 4 is 16.3 Å². The van der Waals surface area contributed by atoms with Crippen LogP contribution in [0.15, 0.2) is 17.8 Å². The minimum Gasteiger partial charge on any atom is -0.314 e. The molecule has 3 nitrogen and oxygen atoms in total. The third kappa shape index (κ3) is 2.93. The number of imidazole rings is 1. The van der Waals surface area contributed by atoms with Gasteiger partial charge in [-0.15, -0.1) is 11.3 Å². The monoisotopic (exact) mass is 263 g/mol. The molecule has 1 aliphatic rings. The first-order valence-electron chi connectivity index (χ1n) is 6.77. The summed E-state index contributed by atoms with van der Waals surface area (Å²) >= 11 is 1.70. The van der Waals surface area contributed by atoms with Gasteiger partial charge < -0.3 is 5.32 Å². The number of hydrogen-bond acceptors (Lipinski definition) is 3. The quantitative estimate of drug-likeness (QED) is 0.867. The van der Waals surface area contributed by atoms with Crippen LogP contribution in [0.1, 0.15) is 38.8 Å². The molecule has 0 saturated heterocycles. The summed E-state index contributed by atoms with van der Waals surface area (Å²) in [5.74, 6) is 0. The lowest BCUT2D eigenvalue weighted by Crippen LogP contribution is -2.25. The molecule has 1 saturated carbocycles. The summed E-state index contributed by atoms with van der Waals surface area (Å²) in [5, 5.41) is 5.68. The first kappa shape index (κ1) is 12.2. The fourth-order valence-electron chi connectivity index (χ4n) is 2.34. The molecule has 0 aliphatic heterocycles. The van der Waals surface area contributed by atoms with Crippen molar-refractivity contribution < 1.29 is 0 Å². The molecule has 2 aromatic heterocycles. The maximum absolute atomic E-state index is 4.67. The van der Waals surface area contributed by atoms with E-state index in [2.05, 4.69) is 46.3 Å². The summed E-state index contributed by atoms with van der Waals surface area (Å²) in [6, 6.07) is 0.818. The highest BCUT2D eigenvalue weighted by molar-refractivity contribution is 7.15. The molecule has 0 amide bonds. The Balaban J connectivity index is 1.57. The lowest BCUT2D eigenvalue weighted by atomic mass is 9.84. The zero-order valence-corrected chi connectivity index (χ0v) is 12.0. The number of hydrogen-bond donors (Lipinski definition) is 1.